The third-order valence-corrected chi connectivity index (χ3v) is 3.12. The van der Waals surface area contributed by atoms with Crippen molar-refractivity contribution in [3.63, 3.8) is 0 Å². The predicted molar refractivity (Wildman–Crippen MR) is 64.2 cm³/mol. The second-order valence-corrected chi connectivity index (χ2v) is 5.69. The molecule has 0 radical (unpaired) electrons. The molecule has 0 aliphatic carbocycles. The van der Waals surface area contributed by atoms with E-state index in [0.717, 1.165) is 24.5 Å². The molecule has 94 valence electrons. The maximum absolute atomic E-state index is 11.2. The number of carboxylic acids is 1. The molecule has 0 aromatic carbocycles. The largest absolute Gasteiger partial charge is 0.476 e. The van der Waals surface area contributed by atoms with E-state index in [-0.39, 0.29) is 17.2 Å². The summed E-state index contributed by atoms with van der Waals surface area (Å²) in [5.74, 6) is -0.116. The molecule has 1 atom stereocenters. The van der Waals surface area contributed by atoms with Crippen LogP contribution in [0, 0.1) is 0 Å². The molecule has 1 aromatic heterocycles. The predicted octanol–water partition coefficient (Wildman–Crippen LogP) is 1.15. The van der Waals surface area contributed by atoms with Gasteiger partial charge in [0, 0.05) is 24.4 Å². The van der Waals surface area contributed by atoms with Crippen molar-refractivity contribution < 1.29 is 9.90 Å². The van der Waals surface area contributed by atoms with Crippen molar-refractivity contribution in [3.8, 4) is 0 Å². The van der Waals surface area contributed by atoms with Gasteiger partial charge in [-0.15, -0.1) is 0 Å². The lowest BCUT2D eigenvalue weighted by atomic mass is 9.95. The number of rotatable bonds is 1. The Morgan fingerprint density at radius 3 is 2.71 bits per heavy atom. The normalized spacial score (nSPS) is 20.1. The van der Waals surface area contributed by atoms with Crippen molar-refractivity contribution in [2.45, 2.75) is 51.6 Å². The SMILES string of the molecule is CC(C)(C)c1nc(C(=O)O)c2n1CCC(N)C2. The topological polar surface area (TPSA) is 81.1 Å². The molecule has 2 heterocycles. The van der Waals surface area contributed by atoms with E-state index in [0.29, 0.717) is 6.42 Å². The lowest BCUT2D eigenvalue weighted by Gasteiger charge is -2.26. The maximum atomic E-state index is 11.2. The third-order valence-electron chi connectivity index (χ3n) is 3.12. The van der Waals surface area contributed by atoms with E-state index < -0.39 is 5.97 Å². The molecular formula is C12H19N3O2. The van der Waals surface area contributed by atoms with E-state index in [1.807, 2.05) is 25.3 Å². The zero-order chi connectivity index (χ0) is 12.8. The van der Waals surface area contributed by atoms with Crippen molar-refractivity contribution in [1.29, 1.82) is 0 Å². The molecule has 0 saturated heterocycles. The molecule has 1 aliphatic heterocycles. The minimum absolute atomic E-state index is 0.0464. The van der Waals surface area contributed by atoms with E-state index >= 15 is 0 Å². The maximum Gasteiger partial charge on any atom is 0.356 e. The molecule has 0 spiro atoms. The Morgan fingerprint density at radius 1 is 1.53 bits per heavy atom. The summed E-state index contributed by atoms with van der Waals surface area (Å²) in [5.41, 5.74) is 6.70. The Hall–Kier alpha value is -1.36. The molecule has 1 aromatic rings. The molecule has 0 amide bonds. The Bertz CT molecular complexity index is 457. The molecular weight excluding hydrogens is 218 g/mol. The zero-order valence-electron chi connectivity index (χ0n) is 10.5. The molecule has 5 nitrogen and oxygen atoms in total. The summed E-state index contributed by atoms with van der Waals surface area (Å²) in [7, 11) is 0. The average Bonchev–Trinajstić information content (AvgIpc) is 2.55. The van der Waals surface area contributed by atoms with Gasteiger partial charge in [0.2, 0.25) is 0 Å². The molecule has 1 aliphatic rings. The highest BCUT2D eigenvalue weighted by Gasteiger charge is 2.31. The number of nitrogens with two attached hydrogens (primary N) is 1. The number of hydrogen-bond donors (Lipinski definition) is 2. The van der Waals surface area contributed by atoms with Gasteiger partial charge in [-0.2, -0.15) is 0 Å². The van der Waals surface area contributed by atoms with Crippen LogP contribution in [0.4, 0.5) is 0 Å². The van der Waals surface area contributed by atoms with E-state index in [1.165, 1.54) is 0 Å². The third kappa shape index (κ3) is 2.07. The van der Waals surface area contributed by atoms with Crippen LogP contribution in [-0.4, -0.2) is 26.7 Å². The Morgan fingerprint density at radius 2 is 2.18 bits per heavy atom. The van der Waals surface area contributed by atoms with Crippen LogP contribution < -0.4 is 5.73 Å². The van der Waals surface area contributed by atoms with Gasteiger partial charge in [0.25, 0.3) is 0 Å². The fourth-order valence-electron chi connectivity index (χ4n) is 2.32. The zero-order valence-corrected chi connectivity index (χ0v) is 10.5. The van der Waals surface area contributed by atoms with Gasteiger partial charge in [0.1, 0.15) is 5.82 Å². The second-order valence-electron chi connectivity index (χ2n) is 5.69. The van der Waals surface area contributed by atoms with E-state index in [2.05, 4.69) is 4.98 Å². The van der Waals surface area contributed by atoms with Crippen LogP contribution in [0.3, 0.4) is 0 Å². The summed E-state index contributed by atoms with van der Waals surface area (Å²) in [5, 5.41) is 9.19. The minimum Gasteiger partial charge on any atom is -0.476 e. The summed E-state index contributed by atoms with van der Waals surface area (Å²) in [4.78, 5) is 15.5. The fraction of sp³-hybridized carbons (Fsp3) is 0.667. The van der Waals surface area contributed by atoms with E-state index in [9.17, 15) is 9.90 Å². The Balaban J connectivity index is 2.58. The molecule has 0 fully saturated rings. The first kappa shape index (κ1) is 12.1. The Kier molecular flexibility index (Phi) is 2.73. The summed E-state index contributed by atoms with van der Waals surface area (Å²) < 4.78 is 2.03. The second kappa shape index (κ2) is 3.84. The molecule has 0 bridgehead atoms. The van der Waals surface area contributed by atoms with Gasteiger partial charge in [0.05, 0.1) is 5.69 Å². The van der Waals surface area contributed by atoms with E-state index in [1.54, 1.807) is 0 Å². The van der Waals surface area contributed by atoms with E-state index in [4.69, 9.17) is 5.73 Å². The monoisotopic (exact) mass is 237 g/mol. The standard InChI is InChI=1S/C12H19N3O2/c1-12(2,3)11-14-9(10(16)17)8-6-7(13)4-5-15(8)11/h7H,4-6,13H2,1-3H3,(H,16,17). The Labute approximate surface area is 101 Å². The van der Waals surface area contributed by atoms with Crippen molar-refractivity contribution in [3.05, 3.63) is 17.2 Å². The number of nitrogens with zero attached hydrogens (tertiary/aromatic N) is 2. The summed E-state index contributed by atoms with van der Waals surface area (Å²) in [6.07, 6.45) is 1.48. The lowest BCUT2D eigenvalue weighted by molar-refractivity contribution is 0.0689. The van der Waals surface area contributed by atoms with Crippen LogP contribution in [-0.2, 0) is 18.4 Å². The van der Waals surface area contributed by atoms with Crippen LogP contribution in [0.2, 0.25) is 0 Å². The van der Waals surface area contributed by atoms with Crippen molar-refractivity contribution >= 4 is 5.97 Å². The quantitative estimate of drug-likeness (QED) is 0.767. The highest BCUT2D eigenvalue weighted by Crippen LogP contribution is 2.28. The van der Waals surface area contributed by atoms with Crippen LogP contribution in [0.25, 0.3) is 0 Å². The molecule has 1 unspecified atom stereocenters. The van der Waals surface area contributed by atoms with Crippen molar-refractivity contribution in [2.75, 3.05) is 0 Å². The molecule has 5 heteroatoms. The smallest absolute Gasteiger partial charge is 0.356 e. The van der Waals surface area contributed by atoms with Gasteiger partial charge >= 0.3 is 5.97 Å². The van der Waals surface area contributed by atoms with Gasteiger partial charge in [0.15, 0.2) is 5.69 Å². The molecule has 2 rings (SSSR count). The average molecular weight is 237 g/mol. The van der Waals surface area contributed by atoms with Crippen LogP contribution in [0.15, 0.2) is 0 Å². The summed E-state index contributed by atoms with van der Waals surface area (Å²) in [6.45, 7) is 6.90. The molecule has 3 N–H and O–H groups in total. The minimum atomic E-state index is -0.960. The number of aromatic carboxylic acids is 1. The van der Waals surface area contributed by atoms with Crippen LogP contribution in [0.1, 0.15) is 49.2 Å². The number of carboxylic acid groups (broad SMARTS) is 1. The van der Waals surface area contributed by atoms with Gasteiger partial charge in [-0.25, -0.2) is 9.78 Å². The highest BCUT2D eigenvalue weighted by atomic mass is 16.4. The number of hydrogen-bond acceptors (Lipinski definition) is 3. The first-order valence-electron chi connectivity index (χ1n) is 5.89. The number of carbonyl (C=O) groups is 1. The first-order chi connectivity index (χ1) is 7.80. The van der Waals surface area contributed by atoms with Gasteiger partial charge in [-0.1, -0.05) is 20.8 Å². The van der Waals surface area contributed by atoms with Crippen LogP contribution >= 0.6 is 0 Å². The van der Waals surface area contributed by atoms with Gasteiger partial charge in [-0.3, -0.25) is 0 Å². The van der Waals surface area contributed by atoms with Crippen LogP contribution in [0.5, 0.6) is 0 Å². The molecule has 17 heavy (non-hydrogen) atoms. The highest BCUT2D eigenvalue weighted by molar-refractivity contribution is 5.87. The molecule has 0 saturated carbocycles. The number of imidazole rings is 1. The number of aromatic nitrogens is 2. The van der Waals surface area contributed by atoms with Gasteiger partial charge < -0.3 is 15.4 Å². The van der Waals surface area contributed by atoms with Crippen molar-refractivity contribution in [2.24, 2.45) is 5.73 Å². The summed E-state index contributed by atoms with van der Waals surface area (Å²) in [6, 6.07) is 0.0464. The fourth-order valence-corrected chi connectivity index (χ4v) is 2.32. The van der Waals surface area contributed by atoms with Gasteiger partial charge in [-0.05, 0) is 6.42 Å². The lowest BCUT2D eigenvalue weighted by Crippen LogP contribution is -2.33. The first-order valence-corrected chi connectivity index (χ1v) is 5.89. The number of fused-ring (bicyclic) bond motifs is 1. The summed E-state index contributed by atoms with van der Waals surface area (Å²) >= 11 is 0. The van der Waals surface area contributed by atoms with Crippen molar-refractivity contribution in [1.82, 2.24) is 9.55 Å².